The number of fused-ring (bicyclic) bond motifs is 2. The van der Waals surface area contributed by atoms with Crippen LogP contribution in [0.25, 0.3) is 31.3 Å². The standard InChI is InChI=1S/C18H12S/c1-2-6-13(7-3-1)17-12-16-10-14-8-4-5-9-15(14)11-18(16)19-17/h1-12H. The molecule has 4 aromatic rings. The molecule has 4 rings (SSSR count). The summed E-state index contributed by atoms with van der Waals surface area (Å²) in [7, 11) is 0. The Labute approximate surface area is 115 Å². The lowest BCUT2D eigenvalue weighted by Gasteiger charge is -1.96. The van der Waals surface area contributed by atoms with Crippen LogP contribution >= 0.6 is 11.3 Å². The van der Waals surface area contributed by atoms with Gasteiger partial charge in [0.2, 0.25) is 0 Å². The van der Waals surface area contributed by atoms with Crippen LogP contribution in [0.5, 0.6) is 0 Å². The van der Waals surface area contributed by atoms with E-state index in [0.29, 0.717) is 0 Å². The van der Waals surface area contributed by atoms with Gasteiger partial charge in [-0.3, -0.25) is 0 Å². The van der Waals surface area contributed by atoms with Crippen LogP contribution in [0.4, 0.5) is 0 Å². The van der Waals surface area contributed by atoms with E-state index in [2.05, 4.69) is 72.8 Å². The first-order chi connectivity index (χ1) is 9.40. The second kappa shape index (κ2) is 4.22. The number of thiophene rings is 1. The molecule has 0 spiro atoms. The second-order valence-electron chi connectivity index (χ2n) is 4.71. The summed E-state index contributed by atoms with van der Waals surface area (Å²) in [6, 6.07) is 26.0. The maximum atomic E-state index is 2.29. The lowest BCUT2D eigenvalue weighted by Crippen LogP contribution is -1.70. The molecule has 0 N–H and O–H groups in total. The Morgan fingerprint density at radius 2 is 1.26 bits per heavy atom. The van der Waals surface area contributed by atoms with Gasteiger partial charge in [0, 0.05) is 9.58 Å². The van der Waals surface area contributed by atoms with Crippen molar-refractivity contribution in [1.82, 2.24) is 0 Å². The van der Waals surface area contributed by atoms with Gasteiger partial charge in [-0.2, -0.15) is 0 Å². The average Bonchev–Trinajstić information content (AvgIpc) is 2.88. The molecule has 19 heavy (non-hydrogen) atoms. The van der Waals surface area contributed by atoms with Crippen molar-refractivity contribution in [2.75, 3.05) is 0 Å². The average molecular weight is 260 g/mol. The van der Waals surface area contributed by atoms with Crippen LogP contribution in [0.1, 0.15) is 0 Å². The Morgan fingerprint density at radius 1 is 0.579 bits per heavy atom. The van der Waals surface area contributed by atoms with Gasteiger partial charge >= 0.3 is 0 Å². The lowest BCUT2D eigenvalue weighted by atomic mass is 10.1. The fourth-order valence-electron chi connectivity index (χ4n) is 2.47. The molecule has 0 radical (unpaired) electrons. The topological polar surface area (TPSA) is 0 Å². The molecule has 0 aliphatic rings. The van der Waals surface area contributed by atoms with Crippen LogP contribution in [0, 0.1) is 0 Å². The van der Waals surface area contributed by atoms with Gasteiger partial charge in [-0.25, -0.2) is 0 Å². The molecule has 0 bridgehead atoms. The monoisotopic (exact) mass is 260 g/mol. The summed E-state index contributed by atoms with van der Waals surface area (Å²) in [6.07, 6.45) is 0. The molecule has 0 saturated carbocycles. The molecule has 0 amide bonds. The number of hydrogen-bond acceptors (Lipinski definition) is 1. The van der Waals surface area contributed by atoms with Crippen molar-refractivity contribution in [3.63, 3.8) is 0 Å². The van der Waals surface area contributed by atoms with E-state index in [0.717, 1.165) is 0 Å². The van der Waals surface area contributed by atoms with E-state index in [1.165, 1.54) is 31.3 Å². The van der Waals surface area contributed by atoms with Crippen LogP contribution in [-0.4, -0.2) is 0 Å². The van der Waals surface area contributed by atoms with E-state index < -0.39 is 0 Å². The third kappa shape index (κ3) is 1.83. The van der Waals surface area contributed by atoms with Gasteiger partial charge < -0.3 is 0 Å². The van der Waals surface area contributed by atoms with Gasteiger partial charge in [0.25, 0.3) is 0 Å². The summed E-state index contributed by atoms with van der Waals surface area (Å²) in [4.78, 5) is 1.34. The van der Waals surface area contributed by atoms with Crippen molar-refractivity contribution in [2.45, 2.75) is 0 Å². The van der Waals surface area contributed by atoms with E-state index in [1.807, 2.05) is 11.3 Å². The summed E-state index contributed by atoms with van der Waals surface area (Å²) < 4.78 is 1.36. The normalized spacial score (nSPS) is 11.2. The summed E-state index contributed by atoms with van der Waals surface area (Å²) in [5, 5.41) is 3.96. The minimum Gasteiger partial charge on any atom is -0.135 e. The van der Waals surface area contributed by atoms with Crippen LogP contribution in [0.2, 0.25) is 0 Å². The third-order valence-electron chi connectivity index (χ3n) is 3.44. The third-order valence-corrected chi connectivity index (χ3v) is 4.59. The second-order valence-corrected chi connectivity index (χ2v) is 5.80. The minimum atomic E-state index is 1.30. The zero-order chi connectivity index (χ0) is 12.7. The Hall–Kier alpha value is -2.12. The first-order valence-corrected chi connectivity index (χ1v) is 7.19. The summed E-state index contributed by atoms with van der Waals surface area (Å²) in [5.74, 6) is 0. The van der Waals surface area contributed by atoms with Gasteiger partial charge in [-0.1, -0.05) is 54.6 Å². The van der Waals surface area contributed by atoms with Gasteiger partial charge in [-0.05, 0) is 39.9 Å². The molecule has 0 saturated heterocycles. The summed E-state index contributed by atoms with van der Waals surface area (Å²) >= 11 is 1.87. The largest absolute Gasteiger partial charge is 0.135 e. The molecule has 1 heterocycles. The van der Waals surface area contributed by atoms with Crippen molar-refractivity contribution in [2.24, 2.45) is 0 Å². The van der Waals surface area contributed by atoms with Crippen LogP contribution in [0.15, 0.2) is 72.8 Å². The van der Waals surface area contributed by atoms with E-state index in [1.54, 1.807) is 0 Å². The van der Waals surface area contributed by atoms with Crippen LogP contribution in [0.3, 0.4) is 0 Å². The smallest absolute Gasteiger partial charge is 0.0355 e. The molecular formula is C18H12S. The molecule has 0 fully saturated rings. The van der Waals surface area contributed by atoms with Crippen molar-refractivity contribution >= 4 is 32.2 Å². The SMILES string of the molecule is c1ccc(-c2cc3cc4ccccc4cc3s2)cc1. The van der Waals surface area contributed by atoms with E-state index in [-0.39, 0.29) is 0 Å². The predicted molar refractivity (Wildman–Crippen MR) is 84.8 cm³/mol. The highest BCUT2D eigenvalue weighted by molar-refractivity contribution is 7.22. The Morgan fingerprint density at radius 3 is 2.05 bits per heavy atom. The Balaban J connectivity index is 1.98. The van der Waals surface area contributed by atoms with E-state index in [4.69, 9.17) is 0 Å². The molecule has 1 heteroatoms. The Kier molecular flexibility index (Phi) is 2.39. The van der Waals surface area contributed by atoms with Gasteiger partial charge in [0.05, 0.1) is 0 Å². The van der Waals surface area contributed by atoms with E-state index in [9.17, 15) is 0 Å². The molecule has 3 aromatic carbocycles. The fraction of sp³-hybridized carbons (Fsp3) is 0. The molecule has 0 unspecified atom stereocenters. The van der Waals surface area contributed by atoms with Crippen molar-refractivity contribution in [1.29, 1.82) is 0 Å². The molecule has 0 aliphatic carbocycles. The predicted octanol–water partition coefficient (Wildman–Crippen LogP) is 5.72. The number of hydrogen-bond donors (Lipinski definition) is 0. The molecule has 1 aromatic heterocycles. The summed E-state index contributed by atoms with van der Waals surface area (Å²) in [5.41, 5.74) is 1.30. The molecule has 0 atom stereocenters. The zero-order valence-electron chi connectivity index (χ0n) is 10.3. The van der Waals surface area contributed by atoms with Crippen LogP contribution < -0.4 is 0 Å². The Bertz CT molecular complexity index is 804. The highest BCUT2D eigenvalue weighted by Gasteiger charge is 2.05. The van der Waals surface area contributed by atoms with Crippen molar-refractivity contribution in [3.05, 3.63) is 72.8 Å². The lowest BCUT2D eigenvalue weighted by molar-refractivity contribution is 1.70. The molecule has 90 valence electrons. The van der Waals surface area contributed by atoms with Crippen molar-refractivity contribution < 1.29 is 0 Å². The molecule has 0 aliphatic heterocycles. The minimum absolute atomic E-state index is 1.30. The molecule has 0 nitrogen and oxygen atoms in total. The quantitative estimate of drug-likeness (QED) is 0.410. The maximum Gasteiger partial charge on any atom is 0.0355 e. The molecular weight excluding hydrogens is 248 g/mol. The maximum absolute atomic E-state index is 2.29. The van der Waals surface area contributed by atoms with E-state index >= 15 is 0 Å². The zero-order valence-corrected chi connectivity index (χ0v) is 11.2. The number of rotatable bonds is 1. The van der Waals surface area contributed by atoms with Crippen molar-refractivity contribution in [3.8, 4) is 10.4 Å². The van der Waals surface area contributed by atoms with Gasteiger partial charge in [-0.15, -0.1) is 11.3 Å². The van der Waals surface area contributed by atoms with Gasteiger partial charge in [0.15, 0.2) is 0 Å². The highest BCUT2D eigenvalue weighted by Crippen LogP contribution is 2.35. The number of benzene rings is 3. The first kappa shape index (κ1) is 10.8. The summed E-state index contributed by atoms with van der Waals surface area (Å²) in [6.45, 7) is 0. The highest BCUT2D eigenvalue weighted by atomic mass is 32.1. The van der Waals surface area contributed by atoms with Crippen LogP contribution in [-0.2, 0) is 0 Å². The van der Waals surface area contributed by atoms with Gasteiger partial charge in [0.1, 0.15) is 0 Å². The fourth-order valence-corrected chi connectivity index (χ4v) is 3.57. The first-order valence-electron chi connectivity index (χ1n) is 6.38.